The van der Waals surface area contributed by atoms with Crippen LogP contribution in [0.3, 0.4) is 0 Å². The Morgan fingerprint density at radius 1 is 1.06 bits per heavy atom. The van der Waals surface area contributed by atoms with Gasteiger partial charge in [-0.15, -0.1) is 11.3 Å². The van der Waals surface area contributed by atoms with Gasteiger partial charge >= 0.3 is 0 Å². The molecule has 0 aliphatic rings. The Kier molecular flexibility index (Phi) is 6.79. The number of hydrogen-bond donors (Lipinski definition) is 2. The number of rotatable bonds is 7. The van der Waals surface area contributed by atoms with Crippen molar-refractivity contribution in [2.45, 2.75) is 38.7 Å². The molecule has 0 spiro atoms. The van der Waals surface area contributed by atoms with Crippen LogP contribution >= 0.6 is 11.3 Å². The molecule has 3 aromatic heterocycles. The Morgan fingerprint density at radius 3 is 2.59 bits per heavy atom. The molecule has 0 fully saturated rings. The SMILES string of the molecule is CC(C)(O)CC#Cc1csc2c(NCCCc3ccccc3)nc(-c3ccncc3)nc12. The molecule has 0 radical (unpaired) electrons. The van der Waals surface area contributed by atoms with Crippen molar-refractivity contribution in [3.8, 4) is 23.2 Å². The van der Waals surface area contributed by atoms with Gasteiger partial charge < -0.3 is 10.4 Å². The van der Waals surface area contributed by atoms with Crippen molar-refractivity contribution in [3.05, 3.63) is 71.4 Å². The Balaban J connectivity index is 1.61. The second kappa shape index (κ2) is 9.90. The molecule has 4 rings (SSSR count). The first-order chi connectivity index (χ1) is 15.5. The number of benzene rings is 1. The zero-order valence-electron chi connectivity index (χ0n) is 18.3. The molecule has 0 saturated carbocycles. The van der Waals surface area contributed by atoms with Gasteiger partial charge in [-0.1, -0.05) is 42.2 Å². The lowest BCUT2D eigenvalue weighted by Crippen LogP contribution is -2.16. The summed E-state index contributed by atoms with van der Waals surface area (Å²) in [5, 5.41) is 15.5. The topological polar surface area (TPSA) is 70.9 Å². The third-order valence-electron chi connectivity index (χ3n) is 4.88. The first kappa shape index (κ1) is 21.9. The molecule has 4 aromatic rings. The van der Waals surface area contributed by atoms with Crippen LogP contribution in [0.2, 0.25) is 0 Å². The molecule has 0 amide bonds. The van der Waals surface area contributed by atoms with E-state index in [9.17, 15) is 5.11 Å². The molecule has 0 saturated heterocycles. The number of aryl methyl sites for hydroxylation is 1. The van der Waals surface area contributed by atoms with Crippen LogP contribution in [0.4, 0.5) is 5.82 Å². The summed E-state index contributed by atoms with van der Waals surface area (Å²) >= 11 is 1.59. The van der Waals surface area contributed by atoms with E-state index in [-0.39, 0.29) is 0 Å². The van der Waals surface area contributed by atoms with E-state index in [1.165, 1.54) is 5.56 Å². The highest BCUT2D eigenvalue weighted by atomic mass is 32.1. The zero-order chi connectivity index (χ0) is 22.4. The van der Waals surface area contributed by atoms with Gasteiger partial charge in [0.1, 0.15) is 11.3 Å². The summed E-state index contributed by atoms with van der Waals surface area (Å²) in [5.41, 5.74) is 3.13. The van der Waals surface area contributed by atoms with E-state index in [1.807, 2.05) is 23.6 Å². The van der Waals surface area contributed by atoms with Crippen molar-refractivity contribution in [1.82, 2.24) is 15.0 Å². The maximum Gasteiger partial charge on any atom is 0.162 e. The van der Waals surface area contributed by atoms with Crippen LogP contribution in [0.5, 0.6) is 0 Å². The van der Waals surface area contributed by atoms with Crippen molar-refractivity contribution in [2.24, 2.45) is 0 Å². The molecule has 2 N–H and O–H groups in total. The van der Waals surface area contributed by atoms with Gasteiger partial charge in [0.05, 0.1) is 15.9 Å². The summed E-state index contributed by atoms with van der Waals surface area (Å²) < 4.78 is 0.995. The van der Waals surface area contributed by atoms with Crippen molar-refractivity contribution in [2.75, 3.05) is 11.9 Å². The van der Waals surface area contributed by atoms with Gasteiger partial charge in [-0.2, -0.15) is 0 Å². The summed E-state index contributed by atoms with van der Waals surface area (Å²) in [5.74, 6) is 7.75. The predicted octanol–water partition coefficient (Wildman–Crippen LogP) is 5.31. The molecule has 1 aromatic carbocycles. The van der Waals surface area contributed by atoms with Gasteiger partial charge in [-0.25, -0.2) is 9.97 Å². The minimum absolute atomic E-state index is 0.400. The largest absolute Gasteiger partial charge is 0.389 e. The monoisotopic (exact) mass is 442 g/mol. The van der Waals surface area contributed by atoms with Gasteiger partial charge in [0, 0.05) is 36.3 Å². The number of anilines is 1. The van der Waals surface area contributed by atoms with Gasteiger partial charge in [0.25, 0.3) is 0 Å². The number of pyridine rings is 1. The molecule has 6 heteroatoms. The van der Waals surface area contributed by atoms with Gasteiger partial charge in [-0.3, -0.25) is 4.98 Å². The Morgan fingerprint density at radius 2 is 1.84 bits per heavy atom. The van der Waals surface area contributed by atoms with E-state index in [0.717, 1.165) is 46.5 Å². The number of aromatic nitrogens is 3. The number of hydrogen-bond acceptors (Lipinski definition) is 6. The molecule has 162 valence electrons. The highest BCUT2D eigenvalue weighted by molar-refractivity contribution is 7.18. The molecule has 3 heterocycles. The zero-order valence-corrected chi connectivity index (χ0v) is 19.1. The Hall–Kier alpha value is -3.27. The lowest BCUT2D eigenvalue weighted by molar-refractivity contribution is 0.0862. The highest BCUT2D eigenvalue weighted by Crippen LogP contribution is 2.32. The molecular formula is C26H26N4OS. The predicted molar refractivity (Wildman–Crippen MR) is 132 cm³/mol. The molecule has 0 aliphatic carbocycles. The summed E-state index contributed by atoms with van der Waals surface area (Å²) in [7, 11) is 0. The van der Waals surface area contributed by atoms with E-state index < -0.39 is 5.60 Å². The molecule has 5 nitrogen and oxygen atoms in total. The van der Waals surface area contributed by atoms with Gasteiger partial charge in [-0.05, 0) is 44.4 Å². The highest BCUT2D eigenvalue weighted by Gasteiger charge is 2.14. The van der Waals surface area contributed by atoms with E-state index in [4.69, 9.17) is 9.97 Å². The fraction of sp³-hybridized carbons (Fsp3) is 0.269. The summed E-state index contributed by atoms with van der Waals surface area (Å²) in [6.45, 7) is 4.33. The number of nitrogens with zero attached hydrogens (tertiary/aromatic N) is 3. The lowest BCUT2D eigenvalue weighted by atomic mass is 10.1. The van der Waals surface area contributed by atoms with Crippen molar-refractivity contribution in [3.63, 3.8) is 0 Å². The van der Waals surface area contributed by atoms with Gasteiger partial charge in [0.2, 0.25) is 0 Å². The molecular weight excluding hydrogens is 416 g/mol. The first-order valence-electron chi connectivity index (χ1n) is 10.7. The van der Waals surface area contributed by atoms with Crippen LogP contribution in [-0.2, 0) is 6.42 Å². The Labute approximate surface area is 192 Å². The van der Waals surface area contributed by atoms with Crippen LogP contribution in [0.25, 0.3) is 21.6 Å². The van der Waals surface area contributed by atoms with Crippen molar-refractivity contribution in [1.29, 1.82) is 0 Å². The standard InChI is InChI=1S/C26H26N4OS/c1-26(2,31)14-6-11-21-18-32-23-22(21)29-24(20-12-16-27-17-13-20)30-25(23)28-15-7-10-19-8-4-3-5-9-19/h3-5,8-9,12-13,16-18,31H,7,10,14-15H2,1-2H3,(H,28,29,30). The third-order valence-corrected chi connectivity index (χ3v) is 5.85. The molecule has 32 heavy (non-hydrogen) atoms. The van der Waals surface area contributed by atoms with E-state index >= 15 is 0 Å². The Bertz CT molecular complexity index is 1240. The molecule has 0 unspecified atom stereocenters. The molecule has 0 aliphatic heterocycles. The lowest BCUT2D eigenvalue weighted by Gasteiger charge is -2.11. The van der Waals surface area contributed by atoms with E-state index in [0.29, 0.717) is 12.2 Å². The minimum Gasteiger partial charge on any atom is -0.389 e. The maximum absolute atomic E-state index is 9.96. The summed E-state index contributed by atoms with van der Waals surface area (Å²) in [6.07, 6.45) is 5.90. The van der Waals surface area contributed by atoms with Crippen LogP contribution in [-0.4, -0.2) is 32.2 Å². The maximum atomic E-state index is 9.96. The molecule has 0 bridgehead atoms. The number of thiophene rings is 1. The average molecular weight is 443 g/mol. The second-order valence-corrected chi connectivity index (χ2v) is 9.15. The summed E-state index contributed by atoms with van der Waals surface area (Å²) in [6, 6.07) is 14.3. The fourth-order valence-electron chi connectivity index (χ4n) is 3.26. The van der Waals surface area contributed by atoms with Crippen LogP contribution < -0.4 is 5.32 Å². The summed E-state index contributed by atoms with van der Waals surface area (Å²) in [4.78, 5) is 13.7. The quantitative estimate of drug-likeness (QED) is 0.300. The minimum atomic E-state index is -0.818. The second-order valence-electron chi connectivity index (χ2n) is 8.27. The smallest absolute Gasteiger partial charge is 0.162 e. The van der Waals surface area contributed by atoms with Gasteiger partial charge in [0.15, 0.2) is 5.82 Å². The number of fused-ring (bicyclic) bond motifs is 1. The fourth-order valence-corrected chi connectivity index (χ4v) is 4.16. The van der Waals surface area contributed by atoms with Crippen LogP contribution in [0.1, 0.15) is 37.8 Å². The first-order valence-corrected chi connectivity index (χ1v) is 11.6. The van der Waals surface area contributed by atoms with E-state index in [1.54, 1.807) is 37.6 Å². The third kappa shape index (κ3) is 5.70. The number of nitrogens with one attached hydrogen (secondary N) is 1. The van der Waals surface area contributed by atoms with Crippen molar-refractivity contribution >= 4 is 27.4 Å². The molecule has 0 atom stereocenters. The van der Waals surface area contributed by atoms with Crippen LogP contribution in [0, 0.1) is 11.8 Å². The van der Waals surface area contributed by atoms with Crippen LogP contribution in [0.15, 0.2) is 60.2 Å². The normalized spacial score (nSPS) is 11.2. The van der Waals surface area contributed by atoms with E-state index in [2.05, 4.69) is 46.4 Å². The van der Waals surface area contributed by atoms with Crippen molar-refractivity contribution < 1.29 is 5.11 Å². The number of aliphatic hydroxyl groups is 1. The average Bonchev–Trinajstić information content (AvgIpc) is 3.20.